The Kier molecular flexibility index (Phi) is 6.74. The zero-order valence-electron chi connectivity index (χ0n) is 16.0. The SMILES string of the molecule is CC(=O)N1CCN(C(=O)CN(C)CC(=O)Nc2cccc(C)c2C)CC1. The van der Waals surface area contributed by atoms with Gasteiger partial charge < -0.3 is 15.1 Å². The predicted octanol–water partition coefficient (Wildman–Crippen LogP) is 0.864. The van der Waals surface area contributed by atoms with Gasteiger partial charge in [0, 0.05) is 38.8 Å². The van der Waals surface area contributed by atoms with Crippen LogP contribution < -0.4 is 5.32 Å². The molecule has 1 aliphatic rings. The van der Waals surface area contributed by atoms with Crippen molar-refractivity contribution in [2.75, 3.05) is 51.6 Å². The fourth-order valence-corrected chi connectivity index (χ4v) is 2.98. The van der Waals surface area contributed by atoms with Crippen molar-refractivity contribution < 1.29 is 14.4 Å². The number of nitrogens with one attached hydrogen (secondary N) is 1. The number of piperazine rings is 1. The lowest BCUT2D eigenvalue weighted by Gasteiger charge is -2.35. The number of aryl methyl sites for hydroxylation is 1. The van der Waals surface area contributed by atoms with Gasteiger partial charge in [-0.15, -0.1) is 0 Å². The molecule has 26 heavy (non-hydrogen) atoms. The number of rotatable bonds is 5. The van der Waals surface area contributed by atoms with E-state index in [-0.39, 0.29) is 30.8 Å². The summed E-state index contributed by atoms with van der Waals surface area (Å²) < 4.78 is 0. The standard InChI is InChI=1S/C19H28N4O3/c1-14-6-5-7-17(15(14)2)20-18(25)12-21(4)13-19(26)23-10-8-22(9-11-23)16(3)24/h5-7H,8-13H2,1-4H3,(H,20,25). The van der Waals surface area contributed by atoms with E-state index in [0.717, 1.165) is 16.8 Å². The van der Waals surface area contributed by atoms with Gasteiger partial charge in [0.2, 0.25) is 17.7 Å². The second-order valence-corrected chi connectivity index (χ2v) is 6.85. The van der Waals surface area contributed by atoms with E-state index in [2.05, 4.69) is 5.32 Å². The van der Waals surface area contributed by atoms with Crippen LogP contribution in [0, 0.1) is 13.8 Å². The van der Waals surface area contributed by atoms with Crippen LogP contribution >= 0.6 is 0 Å². The van der Waals surface area contributed by atoms with Crippen LogP contribution in [0.5, 0.6) is 0 Å². The fourth-order valence-electron chi connectivity index (χ4n) is 2.98. The summed E-state index contributed by atoms with van der Waals surface area (Å²) in [5.74, 6) is -0.122. The molecule has 7 heteroatoms. The van der Waals surface area contributed by atoms with Gasteiger partial charge in [0.1, 0.15) is 0 Å². The molecular weight excluding hydrogens is 332 g/mol. The first-order valence-electron chi connectivity index (χ1n) is 8.86. The summed E-state index contributed by atoms with van der Waals surface area (Å²) in [5, 5.41) is 2.90. The summed E-state index contributed by atoms with van der Waals surface area (Å²) in [6.45, 7) is 8.06. The number of carbonyl (C=O) groups excluding carboxylic acids is 3. The number of hydrogen-bond donors (Lipinski definition) is 1. The van der Waals surface area contributed by atoms with Crippen LogP contribution in [-0.2, 0) is 14.4 Å². The maximum atomic E-state index is 12.4. The molecule has 0 saturated carbocycles. The monoisotopic (exact) mass is 360 g/mol. The van der Waals surface area contributed by atoms with Gasteiger partial charge in [-0.2, -0.15) is 0 Å². The van der Waals surface area contributed by atoms with E-state index in [9.17, 15) is 14.4 Å². The van der Waals surface area contributed by atoms with Crippen LogP contribution in [-0.4, -0.2) is 78.7 Å². The zero-order valence-corrected chi connectivity index (χ0v) is 16.0. The lowest BCUT2D eigenvalue weighted by Crippen LogP contribution is -2.52. The van der Waals surface area contributed by atoms with Crippen molar-refractivity contribution in [3.63, 3.8) is 0 Å². The molecule has 1 aliphatic heterocycles. The smallest absolute Gasteiger partial charge is 0.238 e. The minimum atomic E-state index is -0.143. The molecule has 2 rings (SSSR count). The topological polar surface area (TPSA) is 73.0 Å². The van der Waals surface area contributed by atoms with Gasteiger partial charge in [0.25, 0.3) is 0 Å². The third kappa shape index (κ3) is 5.29. The molecule has 1 aromatic rings. The number of nitrogens with zero attached hydrogens (tertiary/aromatic N) is 3. The minimum absolute atomic E-state index is 0.0183. The number of likely N-dealkylation sites (N-methyl/N-ethyl adjacent to an activating group) is 1. The summed E-state index contributed by atoms with van der Waals surface area (Å²) in [7, 11) is 1.76. The Bertz CT molecular complexity index is 681. The first-order valence-corrected chi connectivity index (χ1v) is 8.86. The van der Waals surface area contributed by atoms with Crippen molar-refractivity contribution in [1.29, 1.82) is 0 Å². The molecule has 1 N–H and O–H groups in total. The second kappa shape index (κ2) is 8.80. The number of anilines is 1. The highest BCUT2D eigenvalue weighted by atomic mass is 16.2. The van der Waals surface area contributed by atoms with Crippen molar-refractivity contribution in [3.05, 3.63) is 29.3 Å². The number of hydrogen-bond acceptors (Lipinski definition) is 4. The highest BCUT2D eigenvalue weighted by Crippen LogP contribution is 2.17. The third-order valence-electron chi connectivity index (χ3n) is 4.78. The Hall–Kier alpha value is -2.41. The molecule has 3 amide bonds. The first-order chi connectivity index (χ1) is 12.3. The van der Waals surface area contributed by atoms with E-state index in [1.807, 2.05) is 32.0 Å². The second-order valence-electron chi connectivity index (χ2n) is 6.85. The minimum Gasteiger partial charge on any atom is -0.339 e. The van der Waals surface area contributed by atoms with Crippen LogP contribution in [0.3, 0.4) is 0 Å². The van der Waals surface area contributed by atoms with Gasteiger partial charge in [-0.1, -0.05) is 12.1 Å². The molecule has 0 unspecified atom stereocenters. The zero-order chi connectivity index (χ0) is 19.3. The van der Waals surface area contributed by atoms with E-state index in [4.69, 9.17) is 0 Å². The van der Waals surface area contributed by atoms with Crippen molar-refractivity contribution in [2.24, 2.45) is 0 Å². The average Bonchev–Trinajstić information content (AvgIpc) is 2.58. The average molecular weight is 360 g/mol. The predicted molar refractivity (Wildman–Crippen MR) is 101 cm³/mol. The Morgan fingerprint density at radius 3 is 2.27 bits per heavy atom. The van der Waals surface area contributed by atoms with E-state index in [1.165, 1.54) is 0 Å². The number of carbonyl (C=O) groups is 3. The Balaban J connectivity index is 1.80. The summed E-state index contributed by atoms with van der Waals surface area (Å²) >= 11 is 0. The van der Waals surface area contributed by atoms with E-state index >= 15 is 0 Å². The van der Waals surface area contributed by atoms with E-state index in [1.54, 1.807) is 28.7 Å². The molecule has 0 bridgehead atoms. The molecule has 0 aliphatic carbocycles. The van der Waals surface area contributed by atoms with Gasteiger partial charge in [0.15, 0.2) is 0 Å². The lowest BCUT2D eigenvalue weighted by molar-refractivity contribution is -0.139. The van der Waals surface area contributed by atoms with E-state index < -0.39 is 0 Å². The molecule has 1 saturated heterocycles. The summed E-state index contributed by atoms with van der Waals surface area (Å²) in [5.41, 5.74) is 2.97. The maximum Gasteiger partial charge on any atom is 0.238 e. The molecule has 1 fully saturated rings. The van der Waals surface area contributed by atoms with Crippen molar-refractivity contribution in [3.8, 4) is 0 Å². The molecule has 0 aromatic heterocycles. The fraction of sp³-hybridized carbons (Fsp3) is 0.526. The molecule has 0 atom stereocenters. The van der Waals surface area contributed by atoms with Crippen molar-refractivity contribution >= 4 is 23.4 Å². The van der Waals surface area contributed by atoms with Gasteiger partial charge in [-0.05, 0) is 38.1 Å². The van der Waals surface area contributed by atoms with E-state index in [0.29, 0.717) is 26.2 Å². The van der Waals surface area contributed by atoms with Crippen molar-refractivity contribution in [1.82, 2.24) is 14.7 Å². The molecule has 0 radical (unpaired) electrons. The Labute approximate surface area is 154 Å². The summed E-state index contributed by atoms with van der Waals surface area (Å²) in [4.78, 5) is 41.2. The molecule has 0 spiro atoms. The Morgan fingerprint density at radius 1 is 1.04 bits per heavy atom. The highest BCUT2D eigenvalue weighted by Gasteiger charge is 2.23. The normalized spacial score (nSPS) is 14.5. The first kappa shape index (κ1) is 19.9. The number of amides is 3. The maximum absolute atomic E-state index is 12.4. The quantitative estimate of drug-likeness (QED) is 0.845. The lowest BCUT2D eigenvalue weighted by atomic mass is 10.1. The third-order valence-corrected chi connectivity index (χ3v) is 4.78. The number of benzene rings is 1. The molecular formula is C19H28N4O3. The Morgan fingerprint density at radius 2 is 1.65 bits per heavy atom. The van der Waals surface area contributed by atoms with Gasteiger partial charge >= 0.3 is 0 Å². The van der Waals surface area contributed by atoms with Gasteiger partial charge in [-0.25, -0.2) is 0 Å². The summed E-state index contributed by atoms with van der Waals surface area (Å²) in [6, 6.07) is 5.79. The molecule has 1 aromatic carbocycles. The van der Waals surface area contributed by atoms with Crippen LogP contribution in [0.15, 0.2) is 18.2 Å². The van der Waals surface area contributed by atoms with Crippen LogP contribution in [0.1, 0.15) is 18.1 Å². The van der Waals surface area contributed by atoms with Crippen LogP contribution in [0.25, 0.3) is 0 Å². The molecule has 7 nitrogen and oxygen atoms in total. The van der Waals surface area contributed by atoms with Crippen LogP contribution in [0.2, 0.25) is 0 Å². The van der Waals surface area contributed by atoms with Crippen LogP contribution in [0.4, 0.5) is 5.69 Å². The van der Waals surface area contributed by atoms with Gasteiger partial charge in [0.05, 0.1) is 13.1 Å². The largest absolute Gasteiger partial charge is 0.339 e. The van der Waals surface area contributed by atoms with Gasteiger partial charge in [-0.3, -0.25) is 19.3 Å². The summed E-state index contributed by atoms with van der Waals surface area (Å²) in [6.07, 6.45) is 0. The molecule has 142 valence electrons. The van der Waals surface area contributed by atoms with Crippen molar-refractivity contribution in [2.45, 2.75) is 20.8 Å². The highest BCUT2D eigenvalue weighted by molar-refractivity contribution is 5.93. The molecule has 1 heterocycles.